The number of piperidine rings is 1. The molecule has 104 valence electrons. The lowest BCUT2D eigenvalue weighted by atomic mass is 9.91. The molecule has 0 saturated carbocycles. The van der Waals surface area contributed by atoms with Crippen LogP contribution in [-0.2, 0) is 0 Å². The van der Waals surface area contributed by atoms with Crippen LogP contribution >= 0.6 is 0 Å². The Hall–Kier alpha value is -1.15. The maximum atomic E-state index is 12.2. The molecule has 1 aromatic carbocycles. The topological polar surface area (TPSA) is 29.1 Å². The zero-order valence-corrected chi connectivity index (χ0v) is 12.1. The van der Waals surface area contributed by atoms with E-state index in [1.807, 2.05) is 12.1 Å². The molecular weight excluding hydrogens is 234 g/mol. The summed E-state index contributed by atoms with van der Waals surface area (Å²) in [6.45, 7) is 6.58. The van der Waals surface area contributed by atoms with E-state index in [1.165, 1.54) is 18.4 Å². The second-order valence-electron chi connectivity index (χ2n) is 5.93. The Labute approximate surface area is 116 Å². The van der Waals surface area contributed by atoms with Gasteiger partial charge >= 0.3 is 0 Å². The second kappa shape index (κ2) is 6.85. The van der Waals surface area contributed by atoms with E-state index in [9.17, 15) is 4.79 Å². The first kappa shape index (κ1) is 14.3. The molecule has 1 aliphatic heterocycles. The molecule has 0 radical (unpaired) electrons. The summed E-state index contributed by atoms with van der Waals surface area (Å²) in [6.07, 6.45) is 4.19. The molecule has 0 aliphatic carbocycles. The van der Waals surface area contributed by atoms with Gasteiger partial charge in [0.05, 0.1) is 0 Å². The zero-order valence-electron chi connectivity index (χ0n) is 12.1. The van der Waals surface area contributed by atoms with E-state index in [4.69, 9.17) is 0 Å². The number of Topliss-reactive ketones (excluding diaryl/α,β-unsaturated/α-hetero) is 1. The number of hydrogen-bond acceptors (Lipinski definition) is 2. The van der Waals surface area contributed by atoms with Crippen LogP contribution in [0.1, 0.15) is 61.4 Å². The van der Waals surface area contributed by atoms with Crippen molar-refractivity contribution in [2.45, 2.75) is 45.4 Å². The van der Waals surface area contributed by atoms with E-state index >= 15 is 0 Å². The van der Waals surface area contributed by atoms with Crippen molar-refractivity contribution in [2.24, 2.45) is 5.92 Å². The summed E-state index contributed by atoms with van der Waals surface area (Å²) in [5.41, 5.74) is 2.17. The number of benzene rings is 1. The largest absolute Gasteiger partial charge is 0.317 e. The van der Waals surface area contributed by atoms with Gasteiger partial charge in [0.2, 0.25) is 0 Å². The Morgan fingerprint density at radius 2 is 1.84 bits per heavy atom. The number of hydrogen-bond donors (Lipinski definition) is 1. The third-order valence-electron chi connectivity index (χ3n) is 4.14. The highest BCUT2D eigenvalue weighted by molar-refractivity contribution is 5.96. The summed E-state index contributed by atoms with van der Waals surface area (Å²) < 4.78 is 0. The van der Waals surface area contributed by atoms with E-state index < -0.39 is 0 Å². The van der Waals surface area contributed by atoms with E-state index in [0.717, 1.165) is 31.0 Å². The van der Waals surface area contributed by atoms with Gasteiger partial charge in [-0.25, -0.2) is 0 Å². The molecule has 19 heavy (non-hydrogen) atoms. The highest BCUT2D eigenvalue weighted by Gasteiger charge is 2.15. The highest BCUT2D eigenvalue weighted by atomic mass is 16.1. The second-order valence-corrected chi connectivity index (χ2v) is 5.93. The molecular formula is C17H25NO. The fourth-order valence-electron chi connectivity index (χ4n) is 2.70. The summed E-state index contributed by atoms with van der Waals surface area (Å²) in [4.78, 5) is 12.2. The molecule has 0 aromatic heterocycles. The van der Waals surface area contributed by atoms with Crippen molar-refractivity contribution < 1.29 is 4.79 Å². The van der Waals surface area contributed by atoms with Gasteiger partial charge < -0.3 is 5.32 Å². The zero-order chi connectivity index (χ0) is 13.7. The van der Waals surface area contributed by atoms with Gasteiger partial charge in [0, 0.05) is 12.0 Å². The molecule has 1 N–H and O–H groups in total. The number of rotatable bonds is 5. The van der Waals surface area contributed by atoms with Crippen molar-refractivity contribution in [3.05, 3.63) is 35.4 Å². The van der Waals surface area contributed by atoms with Crippen molar-refractivity contribution in [1.29, 1.82) is 0 Å². The molecule has 1 heterocycles. The molecule has 1 aliphatic rings. The standard InChI is InChI=1S/C17H25NO/c1-13(2)15-4-6-16(7-5-15)17(19)8-3-14-9-11-18-12-10-14/h4-7,13-14,18H,3,8-12H2,1-2H3. The first-order valence-corrected chi connectivity index (χ1v) is 7.50. The molecule has 2 nitrogen and oxygen atoms in total. The average Bonchev–Trinajstić information content (AvgIpc) is 2.46. The highest BCUT2D eigenvalue weighted by Crippen LogP contribution is 2.20. The van der Waals surface area contributed by atoms with E-state index in [1.54, 1.807) is 0 Å². The van der Waals surface area contributed by atoms with Gasteiger partial charge in [0.15, 0.2) is 5.78 Å². The molecule has 1 aromatic rings. The van der Waals surface area contributed by atoms with Crippen LogP contribution in [0.2, 0.25) is 0 Å². The van der Waals surface area contributed by atoms with Gasteiger partial charge in [-0.2, -0.15) is 0 Å². The van der Waals surface area contributed by atoms with Gasteiger partial charge in [0.25, 0.3) is 0 Å². The minimum atomic E-state index is 0.300. The fourth-order valence-corrected chi connectivity index (χ4v) is 2.70. The van der Waals surface area contributed by atoms with Crippen LogP contribution in [0.5, 0.6) is 0 Å². The Morgan fingerprint density at radius 3 is 2.42 bits per heavy atom. The molecule has 0 unspecified atom stereocenters. The predicted molar refractivity (Wildman–Crippen MR) is 79.7 cm³/mol. The maximum Gasteiger partial charge on any atom is 0.162 e. The number of carbonyl (C=O) groups is 1. The average molecular weight is 259 g/mol. The first-order valence-electron chi connectivity index (χ1n) is 7.50. The van der Waals surface area contributed by atoms with Crippen LogP contribution in [0.4, 0.5) is 0 Å². The summed E-state index contributed by atoms with van der Waals surface area (Å²) in [7, 11) is 0. The molecule has 1 saturated heterocycles. The van der Waals surface area contributed by atoms with Gasteiger partial charge in [-0.05, 0) is 49.8 Å². The SMILES string of the molecule is CC(C)c1ccc(C(=O)CCC2CCNCC2)cc1. The number of ketones is 1. The van der Waals surface area contributed by atoms with Crippen LogP contribution in [0.3, 0.4) is 0 Å². The van der Waals surface area contributed by atoms with Crippen molar-refractivity contribution >= 4 is 5.78 Å². The molecule has 2 heteroatoms. The Morgan fingerprint density at radius 1 is 1.21 bits per heavy atom. The molecule has 0 spiro atoms. The maximum absolute atomic E-state index is 12.2. The van der Waals surface area contributed by atoms with Gasteiger partial charge in [-0.1, -0.05) is 38.1 Å². The molecule has 0 amide bonds. The minimum Gasteiger partial charge on any atom is -0.317 e. The smallest absolute Gasteiger partial charge is 0.162 e. The molecule has 0 bridgehead atoms. The Bertz CT molecular complexity index is 402. The van der Waals surface area contributed by atoms with Gasteiger partial charge in [-0.15, -0.1) is 0 Å². The van der Waals surface area contributed by atoms with E-state index in [2.05, 4.69) is 31.3 Å². The normalized spacial score (nSPS) is 16.8. The van der Waals surface area contributed by atoms with Crippen molar-refractivity contribution in [3.63, 3.8) is 0 Å². The van der Waals surface area contributed by atoms with Crippen molar-refractivity contribution in [2.75, 3.05) is 13.1 Å². The lowest BCUT2D eigenvalue weighted by Crippen LogP contribution is -2.27. The van der Waals surface area contributed by atoms with Crippen LogP contribution in [0.15, 0.2) is 24.3 Å². The lowest BCUT2D eigenvalue weighted by Gasteiger charge is -2.22. The summed E-state index contributed by atoms with van der Waals surface area (Å²) in [5.74, 6) is 1.56. The minimum absolute atomic E-state index is 0.300. The van der Waals surface area contributed by atoms with Crippen LogP contribution in [0.25, 0.3) is 0 Å². The third-order valence-corrected chi connectivity index (χ3v) is 4.14. The summed E-state index contributed by atoms with van der Waals surface area (Å²) in [5, 5.41) is 3.37. The van der Waals surface area contributed by atoms with Crippen molar-refractivity contribution in [3.8, 4) is 0 Å². The van der Waals surface area contributed by atoms with E-state index in [0.29, 0.717) is 18.1 Å². The van der Waals surface area contributed by atoms with Gasteiger partial charge in [0.1, 0.15) is 0 Å². The van der Waals surface area contributed by atoms with Crippen molar-refractivity contribution in [1.82, 2.24) is 5.32 Å². The third kappa shape index (κ3) is 4.17. The summed E-state index contributed by atoms with van der Waals surface area (Å²) >= 11 is 0. The quantitative estimate of drug-likeness (QED) is 0.815. The first-order chi connectivity index (χ1) is 9.16. The Balaban J connectivity index is 1.85. The molecule has 2 rings (SSSR count). The predicted octanol–water partition coefficient (Wildman–Crippen LogP) is 3.77. The molecule has 0 atom stereocenters. The fraction of sp³-hybridized carbons (Fsp3) is 0.588. The van der Waals surface area contributed by atoms with Crippen LogP contribution in [0, 0.1) is 5.92 Å². The lowest BCUT2D eigenvalue weighted by molar-refractivity contribution is 0.0971. The number of nitrogens with one attached hydrogen (secondary N) is 1. The Kier molecular flexibility index (Phi) is 5.15. The number of carbonyl (C=O) groups excluding carboxylic acids is 1. The molecule has 1 fully saturated rings. The monoisotopic (exact) mass is 259 g/mol. The van der Waals surface area contributed by atoms with E-state index in [-0.39, 0.29) is 0 Å². The van der Waals surface area contributed by atoms with Gasteiger partial charge in [-0.3, -0.25) is 4.79 Å². The van der Waals surface area contributed by atoms with Crippen LogP contribution < -0.4 is 5.32 Å². The summed E-state index contributed by atoms with van der Waals surface area (Å²) in [6, 6.07) is 8.14. The van der Waals surface area contributed by atoms with Crippen LogP contribution in [-0.4, -0.2) is 18.9 Å².